The Labute approximate surface area is 152 Å². The van der Waals surface area contributed by atoms with Gasteiger partial charge in [0, 0.05) is 29.4 Å². The van der Waals surface area contributed by atoms with E-state index >= 15 is 0 Å². The average molecular weight is 360 g/mol. The summed E-state index contributed by atoms with van der Waals surface area (Å²) in [6.45, 7) is 8.27. The van der Waals surface area contributed by atoms with Gasteiger partial charge < -0.3 is 5.32 Å². The standard InChI is InChI=1S/C19H22ClN3O2/c1-12(2)11-23-19(20)17(13(3)22-23)9-10-18(25)21-16-7-5-15(6-8-16)14(4)24/h5-10,12H,11H2,1-4H3,(H,21,25)/b10-9+. The summed E-state index contributed by atoms with van der Waals surface area (Å²) in [4.78, 5) is 23.3. The molecule has 0 atom stereocenters. The van der Waals surface area contributed by atoms with E-state index in [1.54, 1.807) is 35.0 Å². The van der Waals surface area contributed by atoms with Crippen LogP contribution in [-0.4, -0.2) is 21.5 Å². The van der Waals surface area contributed by atoms with Crippen molar-refractivity contribution in [1.29, 1.82) is 0 Å². The summed E-state index contributed by atoms with van der Waals surface area (Å²) in [5.74, 6) is 0.138. The van der Waals surface area contributed by atoms with Crippen molar-refractivity contribution in [3.63, 3.8) is 0 Å². The van der Waals surface area contributed by atoms with Gasteiger partial charge in [-0.05, 0) is 50.1 Å². The highest BCUT2D eigenvalue weighted by Gasteiger charge is 2.12. The molecule has 0 spiro atoms. The minimum Gasteiger partial charge on any atom is -0.323 e. The number of benzene rings is 1. The SMILES string of the molecule is CC(=O)c1ccc(NC(=O)/C=C/c2c(C)nn(CC(C)C)c2Cl)cc1. The summed E-state index contributed by atoms with van der Waals surface area (Å²) in [6.07, 6.45) is 3.09. The van der Waals surface area contributed by atoms with Crippen molar-refractivity contribution >= 4 is 35.1 Å². The first-order valence-electron chi connectivity index (χ1n) is 8.11. The molecule has 1 amide bonds. The Morgan fingerprint density at radius 3 is 2.48 bits per heavy atom. The molecule has 25 heavy (non-hydrogen) atoms. The number of amides is 1. The number of carbonyl (C=O) groups excluding carboxylic acids is 2. The largest absolute Gasteiger partial charge is 0.323 e. The fraction of sp³-hybridized carbons (Fsp3) is 0.316. The molecule has 0 saturated carbocycles. The minimum atomic E-state index is -0.275. The maximum atomic E-state index is 12.1. The van der Waals surface area contributed by atoms with E-state index in [4.69, 9.17) is 11.6 Å². The zero-order chi connectivity index (χ0) is 18.6. The van der Waals surface area contributed by atoms with Gasteiger partial charge in [-0.15, -0.1) is 0 Å². The van der Waals surface area contributed by atoms with Crippen LogP contribution in [0.5, 0.6) is 0 Å². The number of rotatable bonds is 6. The molecule has 1 aromatic heterocycles. The monoisotopic (exact) mass is 359 g/mol. The highest BCUT2D eigenvalue weighted by Crippen LogP contribution is 2.22. The van der Waals surface area contributed by atoms with Crippen molar-refractivity contribution in [2.45, 2.75) is 34.2 Å². The third kappa shape index (κ3) is 5.03. The van der Waals surface area contributed by atoms with Crippen molar-refractivity contribution in [3.05, 3.63) is 52.3 Å². The fourth-order valence-electron chi connectivity index (χ4n) is 2.35. The lowest BCUT2D eigenvalue weighted by Gasteiger charge is -2.05. The molecule has 0 radical (unpaired) electrons. The zero-order valence-electron chi connectivity index (χ0n) is 14.8. The molecule has 0 aliphatic rings. The van der Waals surface area contributed by atoms with Crippen LogP contribution in [0, 0.1) is 12.8 Å². The Morgan fingerprint density at radius 1 is 1.28 bits per heavy atom. The number of nitrogens with one attached hydrogen (secondary N) is 1. The minimum absolute atomic E-state index is 0.0127. The van der Waals surface area contributed by atoms with Gasteiger partial charge in [0.25, 0.3) is 0 Å². The average Bonchev–Trinajstić information content (AvgIpc) is 2.79. The number of halogens is 1. The number of nitrogens with zero attached hydrogens (tertiary/aromatic N) is 2. The van der Waals surface area contributed by atoms with Gasteiger partial charge in [0.2, 0.25) is 5.91 Å². The second-order valence-corrected chi connectivity index (χ2v) is 6.68. The Balaban J connectivity index is 2.07. The van der Waals surface area contributed by atoms with Gasteiger partial charge in [-0.25, -0.2) is 0 Å². The molecule has 2 aromatic rings. The van der Waals surface area contributed by atoms with Gasteiger partial charge in [-0.3, -0.25) is 14.3 Å². The van der Waals surface area contributed by atoms with Crippen molar-refractivity contribution in [3.8, 4) is 0 Å². The molecular weight excluding hydrogens is 338 g/mol. The van der Waals surface area contributed by atoms with Crippen LogP contribution in [0.15, 0.2) is 30.3 Å². The lowest BCUT2D eigenvalue weighted by atomic mass is 10.1. The van der Waals surface area contributed by atoms with E-state index < -0.39 is 0 Å². The molecule has 6 heteroatoms. The lowest BCUT2D eigenvalue weighted by molar-refractivity contribution is -0.111. The molecular formula is C19H22ClN3O2. The number of aromatic nitrogens is 2. The van der Waals surface area contributed by atoms with Gasteiger partial charge in [-0.2, -0.15) is 5.10 Å². The molecule has 0 unspecified atom stereocenters. The lowest BCUT2D eigenvalue weighted by Crippen LogP contribution is -2.08. The van der Waals surface area contributed by atoms with Crippen LogP contribution in [0.4, 0.5) is 5.69 Å². The molecule has 1 heterocycles. The third-order valence-electron chi connectivity index (χ3n) is 3.61. The Morgan fingerprint density at radius 2 is 1.92 bits per heavy atom. The summed E-state index contributed by atoms with van der Waals surface area (Å²) in [6, 6.07) is 6.75. The van der Waals surface area contributed by atoms with Crippen molar-refractivity contribution in [2.75, 3.05) is 5.32 Å². The molecule has 0 aliphatic heterocycles. The summed E-state index contributed by atoms with van der Waals surface area (Å²) >= 11 is 6.35. The summed E-state index contributed by atoms with van der Waals surface area (Å²) in [7, 11) is 0. The number of ketones is 1. The van der Waals surface area contributed by atoms with Crippen molar-refractivity contribution < 1.29 is 9.59 Å². The summed E-state index contributed by atoms with van der Waals surface area (Å²) < 4.78 is 1.75. The fourth-order valence-corrected chi connectivity index (χ4v) is 2.66. The van der Waals surface area contributed by atoms with Crippen LogP contribution >= 0.6 is 11.6 Å². The summed E-state index contributed by atoms with van der Waals surface area (Å²) in [5.41, 5.74) is 2.75. The number of aryl methyl sites for hydroxylation is 1. The molecule has 132 valence electrons. The van der Waals surface area contributed by atoms with E-state index in [9.17, 15) is 9.59 Å². The van der Waals surface area contributed by atoms with E-state index in [2.05, 4.69) is 24.3 Å². The number of hydrogen-bond donors (Lipinski definition) is 1. The third-order valence-corrected chi connectivity index (χ3v) is 4.01. The van der Waals surface area contributed by atoms with Crippen LogP contribution in [0.2, 0.25) is 5.15 Å². The Bertz CT molecular complexity index is 805. The zero-order valence-corrected chi connectivity index (χ0v) is 15.6. The smallest absolute Gasteiger partial charge is 0.248 e. The van der Waals surface area contributed by atoms with Gasteiger partial charge >= 0.3 is 0 Å². The predicted molar refractivity (Wildman–Crippen MR) is 101 cm³/mol. The second-order valence-electron chi connectivity index (χ2n) is 6.32. The molecule has 1 aromatic carbocycles. The molecule has 0 aliphatic carbocycles. The first kappa shape index (κ1) is 18.9. The predicted octanol–water partition coefficient (Wildman–Crippen LogP) is 4.36. The number of anilines is 1. The van der Waals surface area contributed by atoms with E-state index in [-0.39, 0.29) is 11.7 Å². The van der Waals surface area contributed by atoms with Gasteiger partial charge in [0.1, 0.15) is 5.15 Å². The van der Waals surface area contributed by atoms with E-state index in [0.29, 0.717) is 22.3 Å². The number of carbonyl (C=O) groups is 2. The molecule has 0 bridgehead atoms. The second kappa shape index (κ2) is 8.12. The van der Waals surface area contributed by atoms with E-state index in [1.165, 1.54) is 13.0 Å². The molecule has 0 saturated heterocycles. The van der Waals surface area contributed by atoms with Crippen LogP contribution in [0.25, 0.3) is 6.08 Å². The van der Waals surface area contributed by atoms with Crippen LogP contribution in [0.1, 0.15) is 42.4 Å². The quantitative estimate of drug-likeness (QED) is 0.615. The molecule has 2 rings (SSSR count). The number of Topliss-reactive ketones (excluding diaryl/α,β-unsaturated/α-hetero) is 1. The topological polar surface area (TPSA) is 64.0 Å². The van der Waals surface area contributed by atoms with Gasteiger partial charge in [0.15, 0.2) is 5.78 Å². The number of hydrogen-bond acceptors (Lipinski definition) is 3. The maximum absolute atomic E-state index is 12.1. The molecule has 1 N–H and O–H groups in total. The highest BCUT2D eigenvalue weighted by atomic mass is 35.5. The molecule has 5 nitrogen and oxygen atoms in total. The molecule has 0 fully saturated rings. The normalized spacial score (nSPS) is 11.3. The maximum Gasteiger partial charge on any atom is 0.248 e. The van der Waals surface area contributed by atoms with Crippen LogP contribution < -0.4 is 5.32 Å². The first-order valence-corrected chi connectivity index (χ1v) is 8.48. The van der Waals surface area contributed by atoms with Crippen molar-refractivity contribution in [2.24, 2.45) is 5.92 Å². The summed E-state index contributed by atoms with van der Waals surface area (Å²) in [5, 5.41) is 7.69. The first-order chi connectivity index (χ1) is 11.8. The van der Waals surface area contributed by atoms with Gasteiger partial charge in [0.05, 0.1) is 5.69 Å². The van der Waals surface area contributed by atoms with Crippen molar-refractivity contribution in [1.82, 2.24) is 9.78 Å². The van der Waals surface area contributed by atoms with Crippen LogP contribution in [0.3, 0.4) is 0 Å². The Kier molecular flexibility index (Phi) is 6.15. The van der Waals surface area contributed by atoms with E-state index in [0.717, 1.165) is 17.8 Å². The highest BCUT2D eigenvalue weighted by molar-refractivity contribution is 6.31. The van der Waals surface area contributed by atoms with Gasteiger partial charge in [-0.1, -0.05) is 25.4 Å². The Hall–Kier alpha value is -2.40. The van der Waals surface area contributed by atoms with Crippen LogP contribution in [-0.2, 0) is 11.3 Å². The van der Waals surface area contributed by atoms with E-state index in [1.807, 2.05) is 6.92 Å².